The molecule has 6 aromatic rings. The molecule has 2 aromatic heterocycles. The second-order valence-corrected chi connectivity index (χ2v) is 22.8. The van der Waals surface area contributed by atoms with Gasteiger partial charge in [-0.3, -0.25) is 46.6 Å². The number of hydrogen-bond donors (Lipinski definition) is 11. The Morgan fingerprint density at radius 3 is 2.02 bits per heavy atom. The van der Waals surface area contributed by atoms with E-state index in [1.165, 1.54) is 60.8 Å². The largest absolute Gasteiger partial charge is 0.508 e. The summed E-state index contributed by atoms with van der Waals surface area (Å²) in [5.41, 5.74) is 3.91. The average Bonchev–Trinajstić information content (AvgIpc) is 3.17. The molecule has 12 N–H and O–H groups in total. The topological polar surface area (TPSA) is 441 Å². The molecule has 0 radical (unpaired) electrons. The first-order valence-corrected chi connectivity index (χ1v) is 30.3. The Balaban J connectivity index is 0.700. The number of nitrogens with one attached hydrogen (secondary N) is 3. The molecular formula is C55H65N7O23P2. The van der Waals surface area contributed by atoms with Crippen molar-refractivity contribution >= 4 is 66.9 Å². The van der Waals surface area contributed by atoms with Crippen LogP contribution in [0.3, 0.4) is 0 Å². The predicted octanol–water partition coefficient (Wildman–Crippen LogP) is 3.18. The number of carboxylic acid groups (broad SMARTS) is 1. The molecule has 2 saturated heterocycles. The van der Waals surface area contributed by atoms with Gasteiger partial charge in [0.1, 0.15) is 48.1 Å². The van der Waals surface area contributed by atoms with Crippen molar-refractivity contribution in [2.24, 2.45) is 0 Å². The van der Waals surface area contributed by atoms with Crippen LogP contribution in [0.25, 0.3) is 38.7 Å². The van der Waals surface area contributed by atoms with E-state index in [1.54, 1.807) is 18.2 Å². The fourth-order valence-electron chi connectivity index (χ4n) is 9.63. The smallest absolute Gasteiger partial charge is 0.472 e. The molecule has 4 unspecified atom stereocenters. The Bertz CT molecular complexity index is 3700. The van der Waals surface area contributed by atoms with Gasteiger partial charge in [0.25, 0.3) is 11.5 Å². The lowest BCUT2D eigenvalue weighted by molar-refractivity contribution is -0.116. The molecule has 0 aliphatic carbocycles. The average molecular weight is 1250 g/mol. The van der Waals surface area contributed by atoms with Crippen molar-refractivity contribution in [3.8, 4) is 22.6 Å². The van der Waals surface area contributed by atoms with Gasteiger partial charge in [-0.1, -0.05) is 25.0 Å². The number of anilines is 1. The summed E-state index contributed by atoms with van der Waals surface area (Å²) in [5, 5.41) is 58.9. The van der Waals surface area contributed by atoms with Crippen LogP contribution in [-0.2, 0) is 51.0 Å². The molecule has 2 aliphatic heterocycles. The summed E-state index contributed by atoms with van der Waals surface area (Å²) < 4.78 is 69.3. The van der Waals surface area contributed by atoms with Crippen LogP contribution in [0.5, 0.6) is 11.5 Å². The summed E-state index contributed by atoms with van der Waals surface area (Å²) in [5.74, 6) is -2.18. The number of aromatic carboxylic acids is 1. The van der Waals surface area contributed by atoms with Crippen LogP contribution in [0.1, 0.15) is 77.3 Å². The lowest BCUT2D eigenvalue weighted by Crippen LogP contribution is -2.33. The van der Waals surface area contributed by atoms with Gasteiger partial charge >= 0.3 is 33.0 Å². The second kappa shape index (κ2) is 29.9. The van der Waals surface area contributed by atoms with Gasteiger partial charge in [0, 0.05) is 50.0 Å². The number of H-pyrrole nitrogens is 1. The number of aromatic amines is 1. The number of carbonyl (C=O) groups is 3. The summed E-state index contributed by atoms with van der Waals surface area (Å²) in [6.07, 6.45) is 0.211. The Labute approximate surface area is 493 Å². The lowest BCUT2D eigenvalue weighted by Gasteiger charge is -2.19. The molecule has 2 aliphatic rings. The number of benzene rings is 4. The van der Waals surface area contributed by atoms with Crippen molar-refractivity contribution in [1.29, 1.82) is 0 Å². The maximum absolute atomic E-state index is 13.4. The molecule has 30 nitrogen and oxygen atoms in total. The summed E-state index contributed by atoms with van der Waals surface area (Å²) in [6, 6.07) is 16.8. The number of aliphatic hydroxyl groups is 2. The van der Waals surface area contributed by atoms with Gasteiger partial charge in [-0.2, -0.15) is 4.98 Å². The molecule has 468 valence electrons. The summed E-state index contributed by atoms with van der Waals surface area (Å²) in [6.45, 7) is -1.91. The van der Waals surface area contributed by atoms with Crippen molar-refractivity contribution in [3.63, 3.8) is 0 Å². The number of ether oxygens (including phenoxy) is 4. The zero-order valence-electron chi connectivity index (χ0n) is 46.4. The number of amides is 2. The van der Waals surface area contributed by atoms with Crippen LogP contribution in [-0.4, -0.2) is 163 Å². The monoisotopic (exact) mass is 1250 g/mol. The van der Waals surface area contributed by atoms with Crippen LogP contribution in [0.2, 0.25) is 0 Å². The van der Waals surface area contributed by atoms with Gasteiger partial charge in [0.2, 0.25) is 5.91 Å². The molecule has 2 fully saturated rings. The number of phosphoric acid groups is 2. The number of aliphatic hydroxyl groups excluding tert-OH is 2. The number of nitrogens with two attached hydrogens (primary N) is 1. The van der Waals surface area contributed by atoms with E-state index in [-0.39, 0.29) is 92.0 Å². The minimum Gasteiger partial charge on any atom is -0.508 e. The SMILES string of the molecule is Nc1ccn([C@H]2CC(O)[C@@H](COP(=O)(O)OCCOCCOCCOP(=O)(O)OC3C[C@H](n4cc(C=CC(=O)NCCCCCCNC(=O)c5ccc(C(=O)O)c(-c6c7ccc(O)cc7cc7cc(O)ccc67)c5)c(=O)[nH]c4=O)O[C@@H]3CO)O2)c(=O)n1. The first-order chi connectivity index (χ1) is 41.6. The number of hydrogen-bond acceptors (Lipinski definition) is 22. The normalized spacial score (nSPS) is 20.0. The number of aromatic nitrogens is 4. The fourth-order valence-corrected chi connectivity index (χ4v) is 11.3. The number of phenols is 2. The highest BCUT2D eigenvalue weighted by molar-refractivity contribution is 7.47. The second-order valence-electron chi connectivity index (χ2n) is 20.0. The van der Waals surface area contributed by atoms with Gasteiger partial charge in [0.15, 0.2) is 0 Å². The molecule has 32 heteroatoms. The fraction of sp³-hybridized carbons (Fsp3) is 0.400. The standard InChI is InChI=1S/C55H65N7O23P2/c56-46-13-16-61(54(72)59-46)48-27-42(66)45(84-48)31-82-86(74,75)80-21-19-78-17-18-79-20-22-81-87(76,77)85-43-28-49(83-44(43)30-63)62-29-33(52(69)60-55(62)73)6-12-47(67)57-14-3-1-2-4-15-58-51(68)32-5-9-40(53(70)71)41(26-32)50-38-10-7-36(64)24-34(38)23-35-25-37(65)8-11-39(35)50/h5-13,16,23-26,29,42-45,48-49,63-66H,1-4,14-15,17-22,27-28,30-31H2,(H,57,67)(H,58,68)(H,70,71)(H,74,75)(H,76,77)(H2,56,59,72)(H,60,69,73)/t42?,43?,44-,45-,48-,49-/m1/s1. The van der Waals surface area contributed by atoms with Gasteiger partial charge in [-0.15, -0.1) is 0 Å². The molecule has 8 rings (SSSR count). The van der Waals surface area contributed by atoms with Gasteiger partial charge in [0.05, 0.1) is 70.1 Å². The number of carbonyl (C=O) groups excluding carboxylic acids is 2. The van der Waals surface area contributed by atoms with E-state index in [9.17, 15) is 73.2 Å². The van der Waals surface area contributed by atoms with E-state index in [0.29, 0.717) is 59.3 Å². The maximum Gasteiger partial charge on any atom is 0.472 e. The summed E-state index contributed by atoms with van der Waals surface area (Å²) in [7, 11) is -9.41. The molecule has 8 atom stereocenters. The molecule has 87 heavy (non-hydrogen) atoms. The van der Waals surface area contributed by atoms with Crippen molar-refractivity contribution < 1.29 is 95.9 Å². The van der Waals surface area contributed by atoms with Crippen LogP contribution < -0.4 is 33.3 Å². The molecule has 0 spiro atoms. The van der Waals surface area contributed by atoms with E-state index in [0.717, 1.165) is 21.4 Å². The number of rotatable bonds is 31. The molecule has 4 heterocycles. The third-order valence-corrected chi connectivity index (χ3v) is 15.9. The van der Waals surface area contributed by atoms with E-state index in [2.05, 4.69) is 20.6 Å². The van der Waals surface area contributed by atoms with Crippen molar-refractivity contribution in [3.05, 3.63) is 133 Å². The number of fused-ring (bicyclic) bond motifs is 2. The number of phosphoric ester groups is 2. The third-order valence-electron chi connectivity index (χ3n) is 13.8. The number of nitrogens with zero attached hydrogens (tertiary/aromatic N) is 3. The summed E-state index contributed by atoms with van der Waals surface area (Å²) in [4.78, 5) is 102. The first kappa shape index (κ1) is 65.5. The number of carboxylic acids is 1. The van der Waals surface area contributed by atoms with E-state index in [4.69, 9.17) is 42.8 Å². The van der Waals surface area contributed by atoms with E-state index < -0.39 is 107 Å². The number of aromatic hydroxyl groups is 2. The highest BCUT2D eigenvalue weighted by Gasteiger charge is 2.42. The highest BCUT2D eigenvalue weighted by atomic mass is 31.2. The first-order valence-electron chi connectivity index (χ1n) is 27.3. The van der Waals surface area contributed by atoms with Crippen LogP contribution in [0, 0.1) is 0 Å². The minimum absolute atomic E-state index is 0.00121. The number of nitrogen functional groups attached to an aromatic ring is 1. The van der Waals surface area contributed by atoms with E-state index in [1.807, 2.05) is 0 Å². The zero-order valence-corrected chi connectivity index (χ0v) is 48.2. The van der Waals surface area contributed by atoms with Crippen LogP contribution >= 0.6 is 15.6 Å². The minimum atomic E-state index is -4.81. The van der Waals surface area contributed by atoms with Gasteiger partial charge < -0.3 is 70.6 Å². The predicted molar refractivity (Wildman–Crippen MR) is 308 cm³/mol. The van der Waals surface area contributed by atoms with Gasteiger partial charge in [-0.05, 0) is 106 Å². The molecule has 0 saturated carbocycles. The Hall–Kier alpha value is -7.51. The quantitative estimate of drug-likeness (QED) is 0.0129. The number of phenolic OH excluding ortho intramolecular Hbond substituents is 2. The van der Waals surface area contributed by atoms with Crippen LogP contribution in [0.4, 0.5) is 5.82 Å². The third kappa shape index (κ3) is 17.8. The highest BCUT2D eigenvalue weighted by Crippen LogP contribution is 2.48. The Morgan fingerprint density at radius 2 is 1.38 bits per heavy atom. The van der Waals surface area contributed by atoms with Gasteiger partial charge in [-0.25, -0.2) is 23.5 Å². The molecule has 0 bridgehead atoms. The van der Waals surface area contributed by atoms with Crippen LogP contribution in [0.15, 0.2) is 99.6 Å². The lowest BCUT2D eigenvalue weighted by atomic mass is 9.88. The summed E-state index contributed by atoms with van der Waals surface area (Å²) >= 11 is 0. The molecule has 4 aromatic carbocycles. The Morgan fingerprint density at radius 1 is 0.759 bits per heavy atom. The Kier molecular flexibility index (Phi) is 22.5. The molecule has 2 amide bonds. The van der Waals surface area contributed by atoms with Crippen molar-refractivity contribution in [2.75, 3.05) is 71.7 Å². The van der Waals surface area contributed by atoms with Crippen molar-refractivity contribution in [1.82, 2.24) is 29.7 Å². The van der Waals surface area contributed by atoms with Crippen molar-refractivity contribution in [2.45, 2.75) is 75.4 Å². The van der Waals surface area contributed by atoms with E-state index >= 15 is 0 Å². The zero-order chi connectivity index (χ0) is 62.4. The number of unbranched alkanes of at least 4 members (excludes halogenated alkanes) is 3. The molecular weight excluding hydrogens is 1190 g/mol. The maximum atomic E-state index is 13.4.